The number of hydrogen-bond acceptors (Lipinski definition) is 3. The summed E-state index contributed by atoms with van der Waals surface area (Å²) in [7, 11) is 1.58. The molecule has 0 atom stereocenters. The molecule has 25 heavy (non-hydrogen) atoms. The Hall–Kier alpha value is -2.82. The van der Waals surface area contributed by atoms with Crippen molar-refractivity contribution in [3.05, 3.63) is 53.1 Å². The number of amides is 2. The van der Waals surface area contributed by atoms with Gasteiger partial charge >= 0.3 is 0 Å². The molecule has 1 aliphatic rings. The number of nitrogens with zero attached hydrogens (tertiary/aromatic N) is 1. The number of rotatable bonds is 4. The minimum atomic E-state index is -0.162. The summed E-state index contributed by atoms with van der Waals surface area (Å²) in [6.45, 7) is 4.54. The highest BCUT2D eigenvalue weighted by atomic mass is 16.5. The Labute approximate surface area is 147 Å². The molecule has 0 saturated carbocycles. The molecule has 3 rings (SSSR count). The monoisotopic (exact) mass is 338 g/mol. The van der Waals surface area contributed by atoms with Crippen molar-refractivity contribution in [2.75, 3.05) is 23.9 Å². The van der Waals surface area contributed by atoms with Crippen LogP contribution < -0.4 is 15.0 Å². The van der Waals surface area contributed by atoms with Crippen LogP contribution in [0, 0.1) is 13.8 Å². The van der Waals surface area contributed by atoms with Gasteiger partial charge in [-0.05, 0) is 50.1 Å². The third kappa shape index (κ3) is 3.50. The molecule has 5 nitrogen and oxygen atoms in total. The molecule has 0 aliphatic carbocycles. The van der Waals surface area contributed by atoms with E-state index in [1.54, 1.807) is 30.2 Å². The molecular weight excluding hydrogens is 316 g/mol. The predicted molar refractivity (Wildman–Crippen MR) is 98.5 cm³/mol. The van der Waals surface area contributed by atoms with Gasteiger partial charge in [-0.3, -0.25) is 9.59 Å². The van der Waals surface area contributed by atoms with Gasteiger partial charge in [-0.25, -0.2) is 0 Å². The lowest BCUT2D eigenvalue weighted by Crippen LogP contribution is -2.24. The zero-order valence-electron chi connectivity index (χ0n) is 14.8. The van der Waals surface area contributed by atoms with Gasteiger partial charge in [0, 0.05) is 24.2 Å². The molecule has 0 unspecified atom stereocenters. The maximum atomic E-state index is 12.6. The van der Waals surface area contributed by atoms with Crippen molar-refractivity contribution in [1.29, 1.82) is 0 Å². The molecule has 1 aliphatic heterocycles. The van der Waals surface area contributed by atoms with E-state index in [2.05, 4.69) is 5.32 Å². The lowest BCUT2D eigenvalue weighted by atomic mass is 10.0. The van der Waals surface area contributed by atoms with Gasteiger partial charge in [0.25, 0.3) is 5.91 Å². The molecule has 1 fully saturated rings. The number of nitrogens with one attached hydrogen (secondary N) is 1. The molecule has 0 spiro atoms. The van der Waals surface area contributed by atoms with E-state index in [9.17, 15) is 9.59 Å². The van der Waals surface area contributed by atoms with Crippen LogP contribution in [0.25, 0.3) is 0 Å². The van der Waals surface area contributed by atoms with E-state index in [4.69, 9.17) is 4.74 Å². The van der Waals surface area contributed by atoms with Crippen molar-refractivity contribution >= 4 is 23.2 Å². The number of anilines is 2. The first-order valence-corrected chi connectivity index (χ1v) is 8.36. The number of hydrogen-bond donors (Lipinski definition) is 1. The Balaban J connectivity index is 1.89. The van der Waals surface area contributed by atoms with E-state index in [0.717, 1.165) is 17.5 Å². The molecule has 2 amide bonds. The van der Waals surface area contributed by atoms with Crippen LogP contribution in [0.5, 0.6) is 5.75 Å². The standard InChI is InChI=1S/C20H22N2O3/c1-13-6-7-14(2)16(11-13)20(24)21-15-8-9-18(25-3)17(12-15)22-10-4-5-19(22)23/h6-9,11-12H,4-5,10H2,1-3H3,(H,21,24). The fraction of sp³-hybridized carbons (Fsp3) is 0.300. The van der Waals surface area contributed by atoms with Gasteiger partial charge in [-0.1, -0.05) is 17.7 Å². The van der Waals surface area contributed by atoms with Crippen molar-refractivity contribution in [3.8, 4) is 5.75 Å². The van der Waals surface area contributed by atoms with Crippen LogP contribution in [0.3, 0.4) is 0 Å². The average molecular weight is 338 g/mol. The molecule has 2 aromatic carbocycles. The normalized spacial score (nSPS) is 13.9. The van der Waals surface area contributed by atoms with Crippen molar-refractivity contribution in [2.45, 2.75) is 26.7 Å². The predicted octanol–water partition coefficient (Wildman–Crippen LogP) is 3.69. The summed E-state index contributed by atoms with van der Waals surface area (Å²) >= 11 is 0. The summed E-state index contributed by atoms with van der Waals surface area (Å²) < 4.78 is 5.38. The van der Waals surface area contributed by atoms with Crippen molar-refractivity contribution < 1.29 is 14.3 Å². The zero-order chi connectivity index (χ0) is 18.0. The zero-order valence-corrected chi connectivity index (χ0v) is 14.8. The highest BCUT2D eigenvalue weighted by Gasteiger charge is 2.25. The summed E-state index contributed by atoms with van der Waals surface area (Å²) in [5, 5.41) is 2.92. The van der Waals surface area contributed by atoms with E-state index in [1.165, 1.54) is 0 Å². The number of methoxy groups -OCH3 is 1. The number of carbonyl (C=O) groups excluding carboxylic acids is 2. The Kier molecular flexibility index (Phi) is 4.74. The van der Waals surface area contributed by atoms with Gasteiger partial charge in [-0.15, -0.1) is 0 Å². The van der Waals surface area contributed by atoms with E-state index in [-0.39, 0.29) is 11.8 Å². The Morgan fingerprint density at radius 1 is 1.16 bits per heavy atom. The van der Waals surface area contributed by atoms with Gasteiger partial charge in [0.05, 0.1) is 12.8 Å². The van der Waals surface area contributed by atoms with E-state index in [1.807, 2.05) is 32.0 Å². The maximum Gasteiger partial charge on any atom is 0.255 e. The number of aryl methyl sites for hydroxylation is 2. The summed E-state index contributed by atoms with van der Waals surface area (Å²) in [6, 6.07) is 11.2. The molecule has 1 saturated heterocycles. The molecule has 1 N–H and O–H groups in total. The second-order valence-corrected chi connectivity index (χ2v) is 6.31. The lowest BCUT2D eigenvalue weighted by molar-refractivity contribution is -0.117. The summed E-state index contributed by atoms with van der Waals surface area (Å²) in [5.41, 5.74) is 3.94. The molecule has 130 valence electrons. The van der Waals surface area contributed by atoms with Crippen molar-refractivity contribution in [2.24, 2.45) is 0 Å². The fourth-order valence-electron chi connectivity index (χ4n) is 3.06. The third-order valence-electron chi connectivity index (χ3n) is 4.44. The number of carbonyl (C=O) groups is 2. The summed E-state index contributed by atoms with van der Waals surface area (Å²) in [6.07, 6.45) is 1.38. The molecule has 0 radical (unpaired) electrons. The van der Waals surface area contributed by atoms with Gasteiger partial charge in [0.2, 0.25) is 5.91 Å². The molecule has 0 bridgehead atoms. The lowest BCUT2D eigenvalue weighted by Gasteiger charge is -2.20. The second-order valence-electron chi connectivity index (χ2n) is 6.31. The highest BCUT2D eigenvalue weighted by Crippen LogP contribution is 2.34. The first-order chi connectivity index (χ1) is 12.0. The molecule has 0 aromatic heterocycles. The third-order valence-corrected chi connectivity index (χ3v) is 4.44. The average Bonchev–Trinajstić information content (AvgIpc) is 3.02. The van der Waals surface area contributed by atoms with Crippen LogP contribution in [0.4, 0.5) is 11.4 Å². The summed E-state index contributed by atoms with van der Waals surface area (Å²) in [5.74, 6) is 0.543. The van der Waals surface area contributed by atoms with Crippen LogP contribution in [-0.2, 0) is 4.79 Å². The molecule has 1 heterocycles. The van der Waals surface area contributed by atoms with Crippen molar-refractivity contribution in [1.82, 2.24) is 0 Å². The van der Waals surface area contributed by atoms with Crippen molar-refractivity contribution in [3.63, 3.8) is 0 Å². The van der Waals surface area contributed by atoms with E-state index < -0.39 is 0 Å². The van der Waals surface area contributed by atoms with Crippen LogP contribution in [-0.4, -0.2) is 25.5 Å². The van der Waals surface area contributed by atoms with Gasteiger partial charge < -0.3 is 15.0 Å². The number of ether oxygens (including phenoxy) is 1. The largest absolute Gasteiger partial charge is 0.495 e. The fourth-order valence-corrected chi connectivity index (χ4v) is 3.06. The minimum Gasteiger partial charge on any atom is -0.495 e. The quantitative estimate of drug-likeness (QED) is 0.925. The minimum absolute atomic E-state index is 0.0799. The van der Waals surface area contributed by atoms with Crippen LogP contribution in [0.15, 0.2) is 36.4 Å². The Morgan fingerprint density at radius 3 is 2.64 bits per heavy atom. The van der Waals surface area contributed by atoms with Gasteiger partial charge in [0.1, 0.15) is 5.75 Å². The molecular formula is C20H22N2O3. The van der Waals surface area contributed by atoms with Crippen LogP contribution >= 0.6 is 0 Å². The molecule has 5 heteroatoms. The van der Waals surface area contributed by atoms with Gasteiger partial charge in [-0.2, -0.15) is 0 Å². The van der Waals surface area contributed by atoms with E-state index in [0.29, 0.717) is 35.7 Å². The molecule has 2 aromatic rings. The van der Waals surface area contributed by atoms with Crippen LogP contribution in [0.1, 0.15) is 34.3 Å². The smallest absolute Gasteiger partial charge is 0.255 e. The Bertz CT molecular complexity index is 830. The van der Waals surface area contributed by atoms with Crippen LogP contribution in [0.2, 0.25) is 0 Å². The van der Waals surface area contributed by atoms with Gasteiger partial charge in [0.15, 0.2) is 0 Å². The SMILES string of the molecule is COc1ccc(NC(=O)c2cc(C)ccc2C)cc1N1CCCC1=O. The first-order valence-electron chi connectivity index (χ1n) is 8.36. The first kappa shape index (κ1) is 17.0. The Morgan fingerprint density at radius 2 is 1.96 bits per heavy atom. The van der Waals surface area contributed by atoms with E-state index >= 15 is 0 Å². The topological polar surface area (TPSA) is 58.6 Å². The number of benzene rings is 2. The maximum absolute atomic E-state index is 12.6. The highest BCUT2D eigenvalue weighted by molar-refractivity contribution is 6.06. The summed E-state index contributed by atoms with van der Waals surface area (Å²) in [4.78, 5) is 26.4. The second kappa shape index (κ2) is 6.97.